The SMILES string of the molecule is C=C(C)N(c1ccc(O)cc1)c1ccc(O)cc1. The summed E-state index contributed by atoms with van der Waals surface area (Å²) in [5.74, 6) is 0.456. The zero-order valence-electron chi connectivity index (χ0n) is 10.2. The van der Waals surface area contributed by atoms with Crippen LogP contribution in [0.2, 0.25) is 0 Å². The lowest BCUT2D eigenvalue weighted by molar-refractivity contribution is 0.475. The molecule has 2 rings (SSSR count). The number of phenols is 2. The van der Waals surface area contributed by atoms with Crippen LogP contribution in [0.3, 0.4) is 0 Å². The second-order valence-corrected chi connectivity index (χ2v) is 4.10. The minimum absolute atomic E-state index is 0.228. The molecule has 0 unspecified atom stereocenters. The Morgan fingerprint density at radius 3 is 1.44 bits per heavy atom. The van der Waals surface area contributed by atoms with Gasteiger partial charge >= 0.3 is 0 Å². The summed E-state index contributed by atoms with van der Waals surface area (Å²) in [5, 5.41) is 18.6. The molecule has 0 spiro atoms. The van der Waals surface area contributed by atoms with Crippen molar-refractivity contribution in [2.75, 3.05) is 4.90 Å². The minimum Gasteiger partial charge on any atom is -0.508 e. The van der Waals surface area contributed by atoms with Crippen molar-refractivity contribution in [1.29, 1.82) is 0 Å². The van der Waals surface area contributed by atoms with Gasteiger partial charge in [0.25, 0.3) is 0 Å². The molecule has 92 valence electrons. The molecule has 18 heavy (non-hydrogen) atoms. The normalized spacial score (nSPS) is 10.1. The molecule has 0 aliphatic rings. The molecular weight excluding hydrogens is 226 g/mol. The molecule has 0 saturated carbocycles. The molecule has 0 fully saturated rings. The summed E-state index contributed by atoms with van der Waals surface area (Å²) in [7, 11) is 0. The third-order valence-electron chi connectivity index (χ3n) is 2.60. The summed E-state index contributed by atoms with van der Waals surface area (Å²) in [6.07, 6.45) is 0. The molecule has 0 bridgehead atoms. The zero-order valence-corrected chi connectivity index (χ0v) is 10.2. The Balaban J connectivity index is 2.43. The van der Waals surface area contributed by atoms with Crippen molar-refractivity contribution >= 4 is 11.4 Å². The Kier molecular flexibility index (Phi) is 3.24. The van der Waals surface area contributed by atoms with Gasteiger partial charge in [0, 0.05) is 17.1 Å². The largest absolute Gasteiger partial charge is 0.508 e. The molecule has 2 N–H and O–H groups in total. The first-order valence-corrected chi connectivity index (χ1v) is 5.61. The lowest BCUT2D eigenvalue weighted by Gasteiger charge is -2.25. The zero-order chi connectivity index (χ0) is 13.1. The third-order valence-corrected chi connectivity index (χ3v) is 2.60. The average molecular weight is 241 g/mol. The van der Waals surface area contributed by atoms with Crippen LogP contribution in [0, 0.1) is 0 Å². The maximum Gasteiger partial charge on any atom is 0.115 e. The van der Waals surface area contributed by atoms with Gasteiger partial charge in [-0.1, -0.05) is 6.58 Å². The Morgan fingerprint density at radius 1 is 0.833 bits per heavy atom. The first-order valence-electron chi connectivity index (χ1n) is 5.61. The Morgan fingerprint density at radius 2 is 1.17 bits per heavy atom. The minimum atomic E-state index is 0.228. The monoisotopic (exact) mass is 241 g/mol. The molecule has 2 aromatic carbocycles. The molecule has 0 atom stereocenters. The van der Waals surface area contributed by atoms with Crippen LogP contribution in [0.15, 0.2) is 60.8 Å². The van der Waals surface area contributed by atoms with Gasteiger partial charge in [-0.25, -0.2) is 0 Å². The van der Waals surface area contributed by atoms with E-state index in [1.54, 1.807) is 24.3 Å². The maximum atomic E-state index is 9.31. The van der Waals surface area contributed by atoms with Crippen LogP contribution >= 0.6 is 0 Å². The van der Waals surface area contributed by atoms with Gasteiger partial charge in [0.05, 0.1) is 0 Å². The van der Waals surface area contributed by atoms with Gasteiger partial charge in [-0.15, -0.1) is 0 Å². The lowest BCUT2D eigenvalue weighted by Crippen LogP contribution is -2.13. The van der Waals surface area contributed by atoms with Crippen molar-refractivity contribution in [2.45, 2.75) is 6.92 Å². The molecule has 0 saturated heterocycles. The number of benzene rings is 2. The summed E-state index contributed by atoms with van der Waals surface area (Å²) in [4.78, 5) is 1.94. The number of rotatable bonds is 3. The van der Waals surface area contributed by atoms with E-state index in [9.17, 15) is 10.2 Å². The van der Waals surface area contributed by atoms with E-state index < -0.39 is 0 Å². The maximum absolute atomic E-state index is 9.31. The fraction of sp³-hybridized carbons (Fsp3) is 0.0667. The summed E-state index contributed by atoms with van der Waals surface area (Å²) in [5.41, 5.74) is 2.67. The van der Waals surface area contributed by atoms with Crippen LogP contribution in [0.4, 0.5) is 11.4 Å². The van der Waals surface area contributed by atoms with Crippen LogP contribution in [-0.2, 0) is 0 Å². The van der Waals surface area contributed by atoms with Gasteiger partial charge in [-0.2, -0.15) is 0 Å². The number of allylic oxidation sites excluding steroid dienone is 1. The quantitative estimate of drug-likeness (QED) is 0.859. The molecule has 3 heteroatoms. The topological polar surface area (TPSA) is 43.7 Å². The first kappa shape index (κ1) is 12.0. The third kappa shape index (κ3) is 2.46. The van der Waals surface area contributed by atoms with Gasteiger partial charge in [0.1, 0.15) is 11.5 Å². The van der Waals surface area contributed by atoms with E-state index in [1.165, 1.54) is 0 Å². The van der Waals surface area contributed by atoms with Crippen LogP contribution in [0.25, 0.3) is 0 Å². The molecule has 0 aliphatic heterocycles. The van der Waals surface area contributed by atoms with Crippen LogP contribution in [-0.4, -0.2) is 10.2 Å². The van der Waals surface area contributed by atoms with Crippen molar-refractivity contribution in [1.82, 2.24) is 0 Å². The summed E-state index contributed by atoms with van der Waals surface area (Å²) >= 11 is 0. The smallest absolute Gasteiger partial charge is 0.115 e. The fourth-order valence-electron chi connectivity index (χ4n) is 1.79. The molecule has 0 aromatic heterocycles. The van der Waals surface area contributed by atoms with E-state index in [-0.39, 0.29) is 11.5 Å². The van der Waals surface area contributed by atoms with E-state index in [1.807, 2.05) is 36.1 Å². The van der Waals surface area contributed by atoms with Gasteiger partial charge in [-0.3, -0.25) is 0 Å². The fourth-order valence-corrected chi connectivity index (χ4v) is 1.79. The van der Waals surface area contributed by atoms with E-state index in [4.69, 9.17) is 0 Å². The molecular formula is C15H15NO2. The van der Waals surface area contributed by atoms with Crippen molar-refractivity contribution in [3.8, 4) is 11.5 Å². The number of hydrogen-bond acceptors (Lipinski definition) is 3. The summed E-state index contributed by atoms with van der Waals surface area (Å²) in [6.45, 7) is 5.86. The standard InChI is InChI=1S/C15H15NO2/c1-11(2)16(12-3-7-14(17)8-4-12)13-5-9-15(18)10-6-13/h3-10,17-18H,1H2,2H3. The molecule has 0 radical (unpaired) electrons. The highest BCUT2D eigenvalue weighted by Crippen LogP contribution is 2.31. The van der Waals surface area contributed by atoms with Crippen molar-refractivity contribution in [2.24, 2.45) is 0 Å². The second-order valence-electron chi connectivity index (χ2n) is 4.10. The van der Waals surface area contributed by atoms with Gasteiger partial charge in [-0.05, 0) is 55.5 Å². The van der Waals surface area contributed by atoms with Gasteiger partial charge in [0.15, 0.2) is 0 Å². The predicted octanol–water partition coefficient (Wildman–Crippen LogP) is 3.77. The summed E-state index contributed by atoms with van der Waals surface area (Å²) in [6, 6.07) is 13.8. The van der Waals surface area contributed by atoms with Crippen LogP contribution < -0.4 is 4.90 Å². The highest BCUT2D eigenvalue weighted by molar-refractivity contribution is 5.68. The highest BCUT2D eigenvalue weighted by Gasteiger charge is 2.09. The molecule has 3 nitrogen and oxygen atoms in total. The Bertz CT molecular complexity index is 498. The van der Waals surface area contributed by atoms with E-state index in [2.05, 4.69) is 6.58 Å². The molecule has 0 heterocycles. The first-order chi connectivity index (χ1) is 8.58. The van der Waals surface area contributed by atoms with Gasteiger partial charge in [0.2, 0.25) is 0 Å². The van der Waals surface area contributed by atoms with Gasteiger partial charge < -0.3 is 15.1 Å². The van der Waals surface area contributed by atoms with Crippen molar-refractivity contribution in [3.63, 3.8) is 0 Å². The van der Waals surface area contributed by atoms with Crippen LogP contribution in [0.1, 0.15) is 6.92 Å². The highest BCUT2D eigenvalue weighted by atomic mass is 16.3. The summed E-state index contributed by atoms with van der Waals surface area (Å²) < 4.78 is 0. The lowest BCUT2D eigenvalue weighted by atomic mass is 10.2. The Hall–Kier alpha value is -2.42. The number of anilines is 2. The average Bonchev–Trinajstić information content (AvgIpc) is 2.34. The second kappa shape index (κ2) is 4.84. The Labute approximate surface area is 106 Å². The number of hydrogen-bond donors (Lipinski definition) is 2. The number of nitrogens with zero attached hydrogens (tertiary/aromatic N) is 1. The van der Waals surface area contributed by atoms with Crippen LogP contribution in [0.5, 0.6) is 11.5 Å². The number of phenolic OH excluding ortho intramolecular Hbond substituents is 2. The van der Waals surface area contributed by atoms with E-state index in [0.29, 0.717) is 0 Å². The van der Waals surface area contributed by atoms with E-state index >= 15 is 0 Å². The predicted molar refractivity (Wildman–Crippen MR) is 73.2 cm³/mol. The number of aromatic hydroxyl groups is 2. The molecule has 2 aromatic rings. The van der Waals surface area contributed by atoms with E-state index in [0.717, 1.165) is 17.1 Å². The van der Waals surface area contributed by atoms with Crippen molar-refractivity contribution < 1.29 is 10.2 Å². The molecule has 0 amide bonds. The van der Waals surface area contributed by atoms with Crippen molar-refractivity contribution in [3.05, 3.63) is 60.8 Å². The molecule has 0 aliphatic carbocycles.